The number of rotatable bonds is 2. The molecular formula is C10H10N2O3. The second-order valence-electron chi connectivity index (χ2n) is 3.34. The number of hydrogen-bond acceptors (Lipinski definition) is 3. The third-order valence-corrected chi connectivity index (χ3v) is 2.23. The van der Waals surface area contributed by atoms with E-state index in [0.29, 0.717) is 5.69 Å². The van der Waals surface area contributed by atoms with E-state index < -0.39 is 5.97 Å². The highest BCUT2D eigenvalue weighted by Gasteiger charge is 2.11. The lowest BCUT2D eigenvalue weighted by atomic mass is 10.1. The first-order valence-electron chi connectivity index (χ1n) is 4.44. The van der Waals surface area contributed by atoms with E-state index in [0.717, 1.165) is 10.9 Å². The second kappa shape index (κ2) is 3.27. The molecule has 5 nitrogen and oxygen atoms in total. The molecule has 0 aliphatic carbocycles. The van der Waals surface area contributed by atoms with E-state index in [9.17, 15) is 9.90 Å². The van der Waals surface area contributed by atoms with Crippen LogP contribution in [0.3, 0.4) is 0 Å². The maximum absolute atomic E-state index is 10.6. The summed E-state index contributed by atoms with van der Waals surface area (Å²) in [4.78, 5) is 10.6. The van der Waals surface area contributed by atoms with Crippen LogP contribution in [0.1, 0.15) is 5.69 Å². The van der Waals surface area contributed by atoms with Gasteiger partial charge in [-0.1, -0.05) is 0 Å². The van der Waals surface area contributed by atoms with E-state index in [1.54, 1.807) is 23.9 Å². The molecule has 1 heterocycles. The van der Waals surface area contributed by atoms with Gasteiger partial charge >= 0.3 is 5.97 Å². The number of nitrogens with zero attached hydrogens (tertiary/aromatic N) is 2. The highest BCUT2D eigenvalue weighted by Crippen LogP contribution is 2.22. The highest BCUT2D eigenvalue weighted by molar-refractivity contribution is 5.86. The zero-order valence-corrected chi connectivity index (χ0v) is 8.14. The van der Waals surface area contributed by atoms with Crippen molar-refractivity contribution in [2.24, 2.45) is 7.05 Å². The fourth-order valence-electron chi connectivity index (χ4n) is 1.59. The summed E-state index contributed by atoms with van der Waals surface area (Å²) < 4.78 is 1.56. The van der Waals surface area contributed by atoms with Crippen molar-refractivity contribution in [3.8, 4) is 5.75 Å². The highest BCUT2D eigenvalue weighted by atomic mass is 16.4. The molecule has 0 aliphatic heterocycles. The molecule has 2 aromatic rings. The molecule has 0 radical (unpaired) electrons. The minimum Gasteiger partial charge on any atom is -0.508 e. The summed E-state index contributed by atoms with van der Waals surface area (Å²) in [5.41, 5.74) is 1.24. The zero-order chi connectivity index (χ0) is 11.0. The largest absolute Gasteiger partial charge is 0.508 e. The molecule has 5 heteroatoms. The minimum atomic E-state index is -0.914. The summed E-state index contributed by atoms with van der Waals surface area (Å²) in [5.74, 6) is -0.768. The number of hydrogen-bond donors (Lipinski definition) is 2. The van der Waals surface area contributed by atoms with E-state index in [1.807, 2.05) is 0 Å². The van der Waals surface area contributed by atoms with Gasteiger partial charge in [0.2, 0.25) is 0 Å². The number of aromatic hydroxyl groups is 1. The fourth-order valence-corrected chi connectivity index (χ4v) is 1.59. The van der Waals surface area contributed by atoms with Crippen LogP contribution >= 0.6 is 0 Å². The first-order valence-corrected chi connectivity index (χ1v) is 4.44. The van der Waals surface area contributed by atoms with E-state index >= 15 is 0 Å². The topological polar surface area (TPSA) is 75.4 Å². The Bertz CT molecular complexity index is 531. The molecule has 0 saturated heterocycles. The van der Waals surface area contributed by atoms with Crippen LogP contribution in [0.15, 0.2) is 18.2 Å². The van der Waals surface area contributed by atoms with Gasteiger partial charge in [0.15, 0.2) is 0 Å². The molecular weight excluding hydrogens is 196 g/mol. The van der Waals surface area contributed by atoms with Crippen molar-refractivity contribution in [1.82, 2.24) is 9.78 Å². The maximum Gasteiger partial charge on any atom is 0.309 e. The molecule has 78 valence electrons. The van der Waals surface area contributed by atoms with Gasteiger partial charge in [-0.3, -0.25) is 9.48 Å². The Morgan fingerprint density at radius 2 is 2.27 bits per heavy atom. The van der Waals surface area contributed by atoms with Gasteiger partial charge in [-0.15, -0.1) is 0 Å². The fraction of sp³-hybridized carbons (Fsp3) is 0.200. The van der Waals surface area contributed by atoms with Crippen LogP contribution < -0.4 is 0 Å². The Balaban J connectivity index is 2.62. The van der Waals surface area contributed by atoms with Crippen molar-refractivity contribution >= 4 is 16.9 Å². The number of carboxylic acid groups (broad SMARTS) is 1. The van der Waals surface area contributed by atoms with Gasteiger partial charge in [-0.05, 0) is 12.1 Å². The number of carboxylic acids is 1. The molecule has 15 heavy (non-hydrogen) atoms. The van der Waals surface area contributed by atoms with Gasteiger partial charge in [-0.25, -0.2) is 0 Å². The molecule has 0 amide bonds. The number of fused-ring (bicyclic) bond motifs is 1. The van der Waals surface area contributed by atoms with Gasteiger partial charge in [0.1, 0.15) is 5.75 Å². The van der Waals surface area contributed by atoms with Gasteiger partial charge in [-0.2, -0.15) is 5.10 Å². The Labute approximate surface area is 85.6 Å². The molecule has 2 N–H and O–H groups in total. The number of aliphatic carboxylic acids is 1. The SMILES string of the molecule is Cn1nc(CC(=O)O)c2ccc(O)cc21. The van der Waals surface area contributed by atoms with Crippen molar-refractivity contribution in [1.29, 1.82) is 0 Å². The number of aromatic nitrogens is 2. The van der Waals surface area contributed by atoms with Crippen molar-refractivity contribution < 1.29 is 15.0 Å². The predicted octanol–water partition coefficient (Wildman–Crippen LogP) is 0.906. The Morgan fingerprint density at radius 1 is 1.53 bits per heavy atom. The second-order valence-corrected chi connectivity index (χ2v) is 3.34. The molecule has 0 bridgehead atoms. The van der Waals surface area contributed by atoms with Crippen LogP contribution in [-0.4, -0.2) is 26.0 Å². The molecule has 1 aromatic carbocycles. The predicted molar refractivity (Wildman–Crippen MR) is 53.7 cm³/mol. The molecule has 0 fully saturated rings. The van der Waals surface area contributed by atoms with E-state index in [1.165, 1.54) is 6.07 Å². The first kappa shape index (κ1) is 9.51. The van der Waals surface area contributed by atoms with Crippen LogP contribution in [-0.2, 0) is 18.3 Å². The molecule has 0 spiro atoms. The minimum absolute atomic E-state index is 0.109. The molecule has 0 atom stereocenters. The Hall–Kier alpha value is -2.04. The van der Waals surface area contributed by atoms with Crippen LogP contribution in [0.5, 0.6) is 5.75 Å². The standard InChI is InChI=1S/C10H10N2O3/c1-12-9-4-6(13)2-3-7(9)8(11-12)5-10(14)15/h2-4,13H,5H2,1H3,(H,14,15). The van der Waals surface area contributed by atoms with E-state index in [-0.39, 0.29) is 12.2 Å². The number of phenols is 1. The Morgan fingerprint density at radius 3 is 2.93 bits per heavy atom. The summed E-state index contributed by atoms with van der Waals surface area (Å²) in [6.07, 6.45) is -0.109. The molecule has 0 aliphatic rings. The number of aryl methyl sites for hydroxylation is 1. The van der Waals surface area contributed by atoms with Crippen LogP contribution in [0.25, 0.3) is 10.9 Å². The molecule has 0 saturated carbocycles. The van der Waals surface area contributed by atoms with Gasteiger partial charge < -0.3 is 10.2 Å². The van der Waals surface area contributed by atoms with Gasteiger partial charge in [0.25, 0.3) is 0 Å². The third kappa shape index (κ3) is 1.63. The number of carbonyl (C=O) groups is 1. The summed E-state index contributed by atoms with van der Waals surface area (Å²) in [7, 11) is 1.72. The number of phenolic OH excluding ortho intramolecular Hbond substituents is 1. The molecule has 1 aromatic heterocycles. The summed E-state index contributed by atoms with van der Waals surface area (Å²) in [5, 5.41) is 22.8. The van der Waals surface area contributed by atoms with Crippen molar-refractivity contribution in [3.63, 3.8) is 0 Å². The monoisotopic (exact) mass is 206 g/mol. The van der Waals surface area contributed by atoms with Crippen molar-refractivity contribution in [2.45, 2.75) is 6.42 Å². The quantitative estimate of drug-likeness (QED) is 0.765. The lowest BCUT2D eigenvalue weighted by Gasteiger charge is -1.94. The van der Waals surface area contributed by atoms with E-state index in [4.69, 9.17) is 5.11 Å². The lowest BCUT2D eigenvalue weighted by molar-refractivity contribution is -0.136. The van der Waals surface area contributed by atoms with Crippen LogP contribution in [0.2, 0.25) is 0 Å². The van der Waals surface area contributed by atoms with Crippen LogP contribution in [0, 0.1) is 0 Å². The zero-order valence-electron chi connectivity index (χ0n) is 8.14. The van der Waals surface area contributed by atoms with Gasteiger partial charge in [0, 0.05) is 18.5 Å². The van der Waals surface area contributed by atoms with Crippen molar-refractivity contribution in [2.75, 3.05) is 0 Å². The third-order valence-electron chi connectivity index (χ3n) is 2.23. The average molecular weight is 206 g/mol. The summed E-state index contributed by atoms with van der Waals surface area (Å²) in [6.45, 7) is 0. The summed E-state index contributed by atoms with van der Waals surface area (Å²) in [6, 6.07) is 4.76. The molecule has 2 rings (SSSR count). The number of benzene rings is 1. The maximum atomic E-state index is 10.6. The summed E-state index contributed by atoms with van der Waals surface area (Å²) >= 11 is 0. The van der Waals surface area contributed by atoms with E-state index in [2.05, 4.69) is 5.10 Å². The first-order chi connectivity index (χ1) is 7.08. The Kier molecular flexibility index (Phi) is 2.07. The smallest absolute Gasteiger partial charge is 0.309 e. The van der Waals surface area contributed by atoms with Crippen molar-refractivity contribution in [3.05, 3.63) is 23.9 Å². The average Bonchev–Trinajstić information content (AvgIpc) is 2.42. The lowest BCUT2D eigenvalue weighted by Crippen LogP contribution is -2.01. The van der Waals surface area contributed by atoms with Crippen LogP contribution in [0.4, 0.5) is 0 Å². The van der Waals surface area contributed by atoms with Gasteiger partial charge in [0.05, 0.1) is 17.6 Å². The molecule has 0 unspecified atom stereocenters. The normalized spacial score (nSPS) is 10.7.